The smallest absolute Gasteiger partial charge is 0.155 e. The van der Waals surface area contributed by atoms with Gasteiger partial charge in [0, 0.05) is 28.9 Å². The van der Waals surface area contributed by atoms with E-state index in [-0.39, 0.29) is 5.41 Å². The molecule has 0 N–H and O–H groups in total. The molecule has 0 spiro atoms. The summed E-state index contributed by atoms with van der Waals surface area (Å²) in [6.07, 6.45) is 5.76. The standard InChI is InChI=1S/C18H20ClN3/c1-4-8-18(3,14-7-6-13(2)11-15(14)19)16-12-17-20-9-5-10-22(17)21-16/h5-7,9-12H,4,8H2,1-3H3. The molecule has 1 unspecified atom stereocenters. The van der Waals surface area contributed by atoms with Crippen molar-refractivity contribution in [2.45, 2.75) is 39.0 Å². The summed E-state index contributed by atoms with van der Waals surface area (Å²) in [5.74, 6) is 0. The van der Waals surface area contributed by atoms with Crippen molar-refractivity contribution in [2.24, 2.45) is 0 Å². The fourth-order valence-electron chi connectivity index (χ4n) is 3.07. The molecule has 2 heterocycles. The summed E-state index contributed by atoms with van der Waals surface area (Å²) in [5.41, 5.74) is 3.96. The third-order valence-corrected chi connectivity index (χ3v) is 4.58. The van der Waals surface area contributed by atoms with Crippen LogP contribution in [0.15, 0.2) is 42.7 Å². The molecular weight excluding hydrogens is 294 g/mol. The van der Waals surface area contributed by atoms with Gasteiger partial charge >= 0.3 is 0 Å². The Labute approximate surface area is 136 Å². The van der Waals surface area contributed by atoms with Crippen molar-refractivity contribution in [3.05, 3.63) is 64.6 Å². The molecule has 3 nitrogen and oxygen atoms in total. The van der Waals surface area contributed by atoms with E-state index >= 15 is 0 Å². The van der Waals surface area contributed by atoms with Crippen LogP contribution in [0, 0.1) is 6.92 Å². The van der Waals surface area contributed by atoms with Crippen LogP contribution in [0.1, 0.15) is 43.5 Å². The molecular formula is C18H20ClN3. The Morgan fingerprint density at radius 1 is 1.27 bits per heavy atom. The molecule has 0 radical (unpaired) electrons. The van der Waals surface area contributed by atoms with Crippen molar-refractivity contribution >= 4 is 17.2 Å². The molecule has 4 heteroatoms. The highest BCUT2D eigenvalue weighted by atomic mass is 35.5. The summed E-state index contributed by atoms with van der Waals surface area (Å²) in [5, 5.41) is 5.55. The van der Waals surface area contributed by atoms with Gasteiger partial charge in [-0.2, -0.15) is 5.10 Å². The lowest BCUT2D eigenvalue weighted by atomic mass is 9.75. The van der Waals surface area contributed by atoms with E-state index in [1.54, 1.807) is 6.20 Å². The molecule has 0 aliphatic rings. The van der Waals surface area contributed by atoms with Crippen LogP contribution in [0.5, 0.6) is 0 Å². The highest BCUT2D eigenvalue weighted by Gasteiger charge is 2.33. The third-order valence-electron chi connectivity index (χ3n) is 4.27. The monoisotopic (exact) mass is 313 g/mol. The minimum atomic E-state index is -0.215. The van der Waals surface area contributed by atoms with Gasteiger partial charge in [0.1, 0.15) is 0 Å². The topological polar surface area (TPSA) is 30.2 Å². The minimum absolute atomic E-state index is 0.215. The Kier molecular flexibility index (Phi) is 3.92. The van der Waals surface area contributed by atoms with E-state index in [0.29, 0.717) is 0 Å². The second kappa shape index (κ2) is 5.73. The Bertz CT molecular complexity index is 776. The summed E-state index contributed by atoms with van der Waals surface area (Å²) in [7, 11) is 0. The van der Waals surface area contributed by atoms with E-state index in [1.165, 1.54) is 5.56 Å². The van der Waals surface area contributed by atoms with Crippen LogP contribution in [-0.2, 0) is 5.41 Å². The lowest BCUT2D eigenvalue weighted by molar-refractivity contribution is 0.494. The van der Waals surface area contributed by atoms with Gasteiger partial charge in [0.05, 0.1) is 5.69 Å². The first-order valence-corrected chi connectivity index (χ1v) is 8.00. The SMILES string of the molecule is CCCC(C)(c1cc2ncccn2n1)c1ccc(C)cc1Cl. The average Bonchev–Trinajstić information content (AvgIpc) is 2.91. The lowest BCUT2D eigenvalue weighted by Gasteiger charge is -2.29. The number of nitrogens with zero attached hydrogens (tertiary/aromatic N) is 3. The number of hydrogen-bond acceptors (Lipinski definition) is 2. The second-order valence-electron chi connectivity index (χ2n) is 6.02. The van der Waals surface area contributed by atoms with Gasteiger partial charge in [-0.3, -0.25) is 0 Å². The number of fused-ring (bicyclic) bond motifs is 1. The van der Waals surface area contributed by atoms with E-state index in [9.17, 15) is 0 Å². The van der Waals surface area contributed by atoms with Gasteiger partial charge in [-0.1, -0.05) is 37.1 Å². The van der Waals surface area contributed by atoms with Crippen LogP contribution < -0.4 is 0 Å². The summed E-state index contributed by atoms with van der Waals surface area (Å²) in [6.45, 7) is 6.46. The molecule has 0 amide bonds. The summed E-state index contributed by atoms with van der Waals surface area (Å²) < 4.78 is 1.82. The van der Waals surface area contributed by atoms with E-state index in [0.717, 1.165) is 34.8 Å². The number of halogens is 1. The van der Waals surface area contributed by atoms with E-state index in [2.05, 4.69) is 44.0 Å². The first-order chi connectivity index (χ1) is 10.5. The Balaban J connectivity index is 2.18. The Morgan fingerprint density at radius 2 is 2.09 bits per heavy atom. The predicted octanol–water partition coefficient (Wildman–Crippen LogP) is 4.80. The van der Waals surface area contributed by atoms with Crippen LogP contribution in [-0.4, -0.2) is 14.6 Å². The van der Waals surface area contributed by atoms with Gasteiger partial charge in [-0.15, -0.1) is 0 Å². The van der Waals surface area contributed by atoms with Gasteiger partial charge in [-0.25, -0.2) is 9.50 Å². The number of benzene rings is 1. The van der Waals surface area contributed by atoms with Crippen LogP contribution in [0.4, 0.5) is 0 Å². The molecule has 22 heavy (non-hydrogen) atoms. The Morgan fingerprint density at radius 3 is 2.77 bits per heavy atom. The summed E-state index contributed by atoms with van der Waals surface area (Å²) in [6, 6.07) is 10.2. The molecule has 2 aromatic heterocycles. The highest BCUT2D eigenvalue weighted by molar-refractivity contribution is 6.31. The molecule has 0 aliphatic carbocycles. The number of aromatic nitrogens is 3. The minimum Gasteiger partial charge on any atom is -0.237 e. The second-order valence-corrected chi connectivity index (χ2v) is 6.42. The molecule has 0 saturated carbocycles. The van der Waals surface area contributed by atoms with Crippen molar-refractivity contribution in [3.63, 3.8) is 0 Å². The van der Waals surface area contributed by atoms with Gasteiger partial charge in [0.25, 0.3) is 0 Å². The van der Waals surface area contributed by atoms with Crippen LogP contribution >= 0.6 is 11.6 Å². The Hall–Kier alpha value is -1.87. The molecule has 0 aliphatic heterocycles. The lowest BCUT2D eigenvalue weighted by Crippen LogP contribution is -2.24. The molecule has 3 aromatic rings. The molecule has 3 rings (SSSR count). The van der Waals surface area contributed by atoms with Gasteiger partial charge in [0.2, 0.25) is 0 Å². The van der Waals surface area contributed by atoms with Gasteiger partial charge in [-0.05, 0) is 43.5 Å². The molecule has 1 atom stereocenters. The maximum Gasteiger partial charge on any atom is 0.155 e. The molecule has 0 saturated heterocycles. The van der Waals surface area contributed by atoms with Gasteiger partial charge in [0.15, 0.2) is 5.65 Å². The maximum atomic E-state index is 6.55. The largest absolute Gasteiger partial charge is 0.237 e. The zero-order valence-electron chi connectivity index (χ0n) is 13.2. The summed E-state index contributed by atoms with van der Waals surface area (Å²) >= 11 is 6.55. The highest BCUT2D eigenvalue weighted by Crippen LogP contribution is 2.39. The average molecular weight is 314 g/mol. The quantitative estimate of drug-likeness (QED) is 0.692. The fraction of sp³-hybridized carbons (Fsp3) is 0.333. The van der Waals surface area contributed by atoms with Gasteiger partial charge < -0.3 is 0 Å². The zero-order valence-corrected chi connectivity index (χ0v) is 13.9. The van der Waals surface area contributed by atoms with Crippen molar-refractivity contribution in [1.29, 1.82) is 0 Å². The van der Waals surface area contributed by atoms with Crippen molar-refractivity contribution in [1.82, 2.24) is 14.6 Å². The first kappa shape index (κ1) is 15.0. The zero-order chi connectivity index (χ0) is 15.7. The van der Waals surface area contributed by atoms with Crippen molar-refractivity contribution in [3.8, 4) is 0 Å². The predicted molar refractivity (Wildman–Crippen MR) is 90.5 cm³/mol. The van der Waals surface area contributed by atoms with Crippen LogP contribution in [0.3, 0.4) is 0 Å². The number of hydrogen-bond donors (Lipinski definition) is 0. The van der Waals surface area contributed by atoms with E-state index in [1.807, 2.05) is 22.8 Å². The van der Waals surface area contributed by atoms with Crippen LogP contribution in [0.2, 0.25) is 5.02 Å². The maximum absolute atomic E-state index is 6.55. The van der Waals surface area contributed by atoms with E-state index in [4.69, 9.17) is 16.7 Å². The van der Waals surface area contributed by atoms with E-state index < -0.39 is 0 Å². The first-order valence-electron chi connectivity index (χ1n) is 7.62. The third kappa shape index (κ3) is 2.50. The molecule has 114 valence electrons. The van der Waals surface area contributed by atoms with Crippen molar-refractivity contribution < 1.29 is 0 Å². The summed E-state index contributed by atoms with van der Waals surface area (Å²) in [4.78, 5) is 4.37. The van der Waals surface area contributed by atoms with Crippen molar-refractivity contribution in [2.75, 3.05) is 0 Å². The molecule has 1 aromatic carbocycles. The fourth-order valence-corrected chi connectivity index (χ4v) is 3.51. The molecule has 0 bridgehead atoms. The number of aryl methyl sites for hydroxylation is 1. The normalized spacial score (nSPS) is 14.2. The number of rotatable bonds is 4. The van der Waals surface area contributed by atoms with Crippen LogP contribution in [0.25, 0.3) is 5.65 Å². The molecule has 0 fully saturated rings.